The van der Waals surface area contributed by atoms with Gasteiger partial charge in [-0.25, -0.2) is 4.39 Å². The first-order valence-corrected chi connectivity index (χ1v) is 10.6. The van der Waals surface area contributed by atoms with Gasteiger partial charge in [0.15, 0.2) is 11.6 Å². The van der Waals surface area contributed by atoms with Gasteiger partial charge >= 0.3 is 27.2 Å². The molecule has 0 radical (unpaired) electrons. The summed E-state index contributed by atoms with van der Waals surface area (Å²) in [6, 6.07) is 2.05. The third-order valence-corrected chi connectivity index (χ3v) is 5.25. The molecule has 6 N–H and O–H groups in total. The zero-order valence-corrected chi connectivity index (χ0v) is 23.3. The van der Waals surface area contributed by atoms with Crippen LogP contribution in [0, 0.1) is 17.8 Å². The number of nitrogens with one attached hydrogen (secondary N) is 2. The first-order valence-electron chi connectivity index (χ1n) is 10.6. The van der Waals surface area contributed by atoms with Crippen LogP contribution in [0.3, 0.4) is 0 Å². The normalized spacial score (nSPS) is 20.6. The van der Waals surface area contributed by atoms with Crippen molar-refractivity contribution in [3.8, 4) is 5.75 Å². The molecule has 3 atom stereocenters. The number of amides is 2. The molecule has 3 unspecified atom stereocenters. The molecule has 38 heavy (non-hydrogen) atoms. The van der Waals surface area contributed by atoms with Crippen molar-refractivity contribution in [3.05, 3.63) is 53.5 Å². The van der Waals surface area contributed by atoms with Crippen molar-refractivity contribution in [1.82, 2.24) is 4.98 Å². The minimum absolute atomic E-state index is 0. The van der Waals surface area contributed by atoms with Crippen LogP contribution in [0.4, 0.5) is 33.3 Å². The fourth-order valence-electron chi connectivity index (χ4n) is 3.58. The molecule has 1 aromatic heterocycles. The average molecular weight is 716 g/mol. The fraction of sp³-hybridized carbons (Fsp3) is 0.409. The van der Waals surface area contributed by atoms with E-state index >= 15 is 0 Å². The summed E-state index contributed by atoms with van der Waals surface area (Å²) in [5, 5.41) is 2.35. The average Bonchev–Trinajstić information content (AvgIpc) is 3.12. The molecule has 10 nitrogen and oxygen atoms in total. The van der Waals surface area contributed by atoms with E-state index in [0.717, 1.165) is 25.3 Å². The quantitative estimate of drug-likeness (QED) is 0.307. The maximum Gasteiger partial charge on any atom is 2.00 e. The number of hydrogen-bond donors (Lipinski definition) is 3. The number of halogens is 5. The number of methoxy groups -OCH3 is 1. The Morgan fingerprint density at radius 1 is 1.34 bits per heavy atom. The Morgan fingerprint density at radius 2 is 1.95 bits per heavy atom. The van der Waals surface area contributed by atoms with Crippen LogP contribution in [0.1, 0.15) is 24.3 Å². The van der Waals surface area contributed by atoms with Gasteiger partial charge in [-0.2, -0.15) is 17.6 Å². The largest absolute Gasteiger partial charge is 2.00 e. The number of hydrogen-bond acceptors (Lipinski definition) is 7. The Labute approximate surface area is 229 Å². The minimum Gasteiger partial charge on any atom is -0.676 e. The number of nitrogens with zero attached hydrogens (tertiary/aromatic N) is 2. The van der Waals surface area contributed by atoms with Crippen LogP contribution in [0.2, 0.25) is 0 Å². The SMILES string of the molecule is COc1c(N2C(C(=O)Nc3c[c-]nc(C(N)=O)c3)C(C)OC2(C)C(F)(F)F)ccc(F)c1F.[NH-]CCN.[W+2]. The van der Waals surface area contributed by atoms with Gasteiger partial charge in [-0.05, 0) is 32.5 Å². The van der Waals surface area contributed by atoms with Crippen molar-refractivity contribution in [1.29, 1.82) is 0 Å². The first kappa shape index (κ1) is 33.2. The zero-order valence-electron chi connectivity index (χ0n) is 20.4. The molecule has 1 aromatic carbocycles. The van der Waals surface area contributed by atoms with Crippen LogP contribution in [0.25, 0.3) is 5.73 Å². The van der Waals surface area contributed by atoms with E-state index in [0.29, 0.717) is 31.0 Å². The molecule has 0 bridgehead atoms. The third kappa shape index (κ3) is 6.76. The summed E-state index contributed by atoms with van der Waals surface area (Å²) in [6.07, 6.45) is -4.09. The van der Waals surface area contributed by atoms with Gasteiger partial charge in [0.05, 0.1) is 18.9 Å². The van der Waals surface area contributed by atoms with E-state index in [1.165, 1.54) is 6.92 Å². The molecule has 1 aliphatic rings. The summed E-state index contributed by atoms with van der Waals surface area (Å²) in [4.78, 5) is 28.5. The Morgan fingerprint density at radius 3 is 2.45 bits per heavy atom. The summed E-state index contributed by atoms with van der Waals surface area (Å²) >= 11 is 0. The first-order chi connectivity index (χ1) is 17.2. The summed E-state index contributed by atoms with van der Waals surface area (Å²) in [5.74, 6) is -5.65. The van der Waals surface area contributed by atoms with Gasteiger partial charge in [0.2, 0.25) is 23.4 Å². The summed E-state index contributed by atoms with van der Waals surface area (Å²) in [7, 11) is 0.944. The third-order valence-electron chi connectivity index (χ3n) is 5.25. The van der Waals surface area contributed by atoms with Crippen LogP contribution in [0.15, 0.2) is 24.3 Å². The van der Waals surface area contributed by atoms with E-state index < -0.39 is 58.9 Å². The number of carbonyl (C=O) groups is 2. The van der Waals surface area contributed by atoms with E-state index in [9.17, 15) is 31.5 Å². The number of ether oxygens (including phenoxy) is 2. The van der Waals surface area contributed by atoms with Crippen LogP contribution < -0.4 is 26.4 Å². The molecule has 0 spiro atoms. The Bertz CT molecular complexity index is 1140. The smallest absolute Gasteiger partial charge is 0.676 e. The molecule has 1 aliphatic heterocycles. The summed E-state index contributed by atoms with van der Waals surface area (Å²) < 4.78 is 80.4. The standard InChI is InChI=1S/C20H18F5N4O4.C2H7N2.W/c1-9-15(18(31)28-10-6-7-27-12(8-10)17(26)30)29(19(2,33-9)20(23,24)25)13-5-4-11(21)14(22)16(13)32-3;3-1-2-4;/h4-6,8-9,15H,1-3H3,(H2,26,30)(H,27,28,31);3H,1-2,4H2;/q2*-1;+2. The van der Waals surface area contributed by atoms with Gasteiger partial charge < -0.3 is 41.9 Å². The molecule has 208 valence electrons. The van der Waals surface area contributed by atoms with Crippen molar-refractivity contribution in [2.24, 2.45) is 11.5 Å². The topological polar surface area (TPSA) is 157 Å². The van der Waals surface area contributed by atoms with Crippen molar-refractivity contribution >= 4 is 23.2 Å². The van der Waals surface area contributed by atoms with Gasteiger partial charge in [0, 0.05) is 5.69 Å². The van der Waals surface area contributed by atoms with Crippen molar-refractivity contribution in [3.63, 3.8) is 0 Å². The maximum atomic E-state index is 14.4. The molecule has 1 fully saturated rings. The van der Waals surface area contributed by atoms with E-state index in [2.05, 4.69) is 16.5 Å². The number of anilines is 2. The number of carbonyl (C=O) groups excluding carboxylic acids is 2. The van der Waals surface area contributed by atoms with Crippen LogP contribution in [0.5, 0.6) is 5.75 Å². The predicted octanol–water partition coefficient (Wildman–Crippen LogP) is 2.77. The Kier molecular flexibility index (Phi) is 11.6. The molecule has 16 heteroatoms. The Balaban J connectivity index is 0.00000135. The number of nitrogens with two attached hydrogens (primary N) is 2. The molecule has 2 heterocycles. The van der Waals surface area contributed by atoms with E-state index in [4.69, 9.17) is 26.7 Å². The van der Waals surface area contributed by atoms with Crippen LogP contribution >= 0.6 is 0 Å². The predicted molar refractivity (Wildman–Crippen MR) is 123 cm³/mol. The maximum absolute atomic E-state index is 14.4. The van der Waals surface area contributed by atoms with Crippen molar-refractivity contribution in [2.45, 2.75) is 37.9 Å². The van der Waals surface area contributed by atoms with Gasteiger partial charge in [0.25, 0.3) is 0 Å². The van der Waals surface area contributed by atoms with E-state index in [-0.39, 0.29) is 32.4 Å². The van der Waals surface area contributed by atoms with Crippen molar-refractivity contribution < 1.29 is 62.1 Å². The second kappa shape index (κ2) is 13.3. The van der Waals surface area contributed by atoms with E-state index in [1.807, 2.05) is 0 Å². The van der Waals surface area contributed by atoms with E-state index in [1.54, 1.807) is 0 Å². The van der Waals surface area contributed by atoms with Gasteiger partial charge in [-0.15, -0.1) is 18.7 Å². The monoisotopic (exact) mass is 716 g/mol. The molecule has 2 aromatic rings. The van der Waals surface area contributed by atoms with Crippen molar-refractivity contribution in [2.75, 3.05) is 30.4 Å². The second-order valence-electron chi connectivity index (χ2n) is 7.79. The van der Waals surface area contributed by atoms with Gasteiger partial charge in [-0.1, -0.05) is 11.9 Å². The van der Waals surface area contributed by atoms with Crippen LogP contribution in [-0.2, 0) is 30.6 Å². The van der Waals surface area contributed by atoms with Gasteiger partial charge in [0.1, 0.15) is 6.04 Å². The van der Waals surface area contributed by atoms with Crippen LogP contribution in [-0.4, -0.2) is 61.0 Å². The molecule has 0 saturated carbocycles. The molecule has 3 rings (SSSR count). The summed E-state index contributed by atoms with van der Waals surface area (Å²) in [5.41, 5.74) is 12.4. The number of primary amides is 1. The number of rotatable bonds is 6. The fourth-order valence-corrected chi connectivity index (χ4v) is 3.58. The number of pyridine rings is 1. The molecular weight excluding hydrogens is 691 g/mol. The van der Waals surface area contributed by atoms with Gasteiger partial charge in [-0.3, -0.25) is 9.59 Å². The second-order valence-corrected chi connectivity index (χ2v) is 7.79. The Hall–Kier alpha value is -2.87. The zero-order chi connectivity index (χ0) is 28.1. The molecule has 1 saturated heterocycles. The molecule has 0 aliphatic carbocycles. The minimum atomic E-state index is -5.06. The number of benzene rings is 1. The number of aromatic nitrogens is 1. The summed E-state index contributed by atoms with van der Waals surface area (Å²) in [6.45, 7) is 2.71. The number of alkyl halides is 3. The molecular formula is C22H25F5N6O4W. The molecule has 2 amide bonds.